The van der Waals surface area contributed by atoms with E-state index < -0.39 is 0 Å². The molecule has 0 spiro atoms. The average Bonchev–Trinajstić information content (AvgIpc) is 3.17. The van der Waals surface area contributed by atoms with Crippen LogP contribution < -0.4 is 0 Å². The first kappa shape index (κ1) is 11.3. The molecule has 0 saturated carbocycles. The summed E-state index contributed by atoms with van der Waals surface area (Å²) >= 11 is 1.52. The number of aryl methyl sites for hydroxylation is 1. The van der Waals surface area contributed by atoms with Crippen molar-refractivity contribution in [3.05, 3.63) is 36.0 Å². The molecule has 4 rings (SSSR count). The number of H-pyrrole nitrogens is 1. The minimum atomic E-state index is 0.681. The number of hydrogen-bond acceptors (Lipinski definition) is 5. The lowest BCUT2D eigenvalue weighted by molar-refractivity contribution is 0.953. The van der Waals surface area contributed by atoms with E-state index in [1.807, 2.05) is 30.6 Å². The van der Waals surface area contributed by atoms with Crippen molar-refractivity contribution in [1.82, 2.24) is 29.7 Å². The second-order valence-corrected chi connectivity index (χ2v) is 5.21. The van der Waals surface area contributed by atoms with Crippen LogP contribution in [0.25, 0.3) is 33.4 Å². The van der Waals surface area contributed by atoms with E-state index in [4.69, 9.17) is 0 Å². The van der Waals surface area contributed by atoms with Gasteiger partial charge in [0.05, 0.1) is 11.0 Å². The fourth-order valence-electron chi connectivity index (χ4n) is 2.17. The van der Waals surface area contributed by atoms with Crippen LogP contribution in [-0.4, -0.2) is 29.7 Å². The zero-order valence-corrected chi connectivity index (χ0v) is 11.4. The van der Waals surface area contributed by atoms with Crippen molar-refractivity contribution in [3.63, 3.8) is 0 Å². The van der Waals surface area contributed by atoms with Gasteiger partial charge in [0, 0.05) is 12.4 Å². The molecule has 0 aliphatic heterocycles. The van der Waals surface area contributed by atoms with Gasteiger partial charge in [0.15, 0.2) is 16.7 Å². The maximum absolute atomic E-state index is 4.64. The lowest BCUT2D eigenvalue weighted by Gasteiger charge is -1.97. The van der Waals surface area contributed by atoms with Crippen LogP contribution in [0.1, 0.15) is 0 Å². The highest BCUT2D eigenvalue weighted by Crippen LogP contribution is 2.28. The van der Waals surface area contributed by atoms with Gasteiger partial charge in [-0.2, -0.15) is 5.10 Å². The number of nitrogens with zero attached hydrogens (tertiary/aromatic N) is 5. The number of fused-ring (bicyclic) bond motifs is 1. The van der Waals surface area contributed by atoms with Crippen molar-refractivity contribution in [1.29, 1.82) is 0 Å². The Labute approximate surface area is 118 Å². The van der Waals surface area contributed by atoms with Crippen molar-refractivity contribution >= 4 is 22.4 Å². The van der Waals surface area contributed by atoms with Crippen LogP contribution in [-0.2, 0) is 7.05 Å². The van der Waals surface area contributed by atoms with Crippen LogP contribution >= 0.6 is 11.3 Å². The molecule has 0 atom stereocenters. The summed E-state index contributed by atoms with van der Waals surface area (Å²) in [5.74, 6) is 1.54. The van der Waals surface area contributed by atoms with Gasteiger partial charge in [-0.1, -0.05) is 12.1 Å². The largest absolute Gasteiger partial charge is 0.326 e. The number of para-hydroxylation sites is 2. The maximum Gasteiger partial charge on any atom is 0.184 e. The SMILES string of the molecule is Cn1c(-c2csc(-c3ncn[nH]3)n2)nc2ccccc21. The number of thiazole rings is 1. The predicted molar refractivity (Wildman–Crippen MR) is 77.2 cm³/mol. The van der Waals surface area contributed by atoms with Crippen molar-refractivity contribution in [3.8, 4) is 22.4 Å². The summed E-state index contributed by atoms with van der Waals surface area (Å²) in [6, 6.07) is 8.05. The summed E-state index contributed by atoms with van der Waals surface area (Å²) in [4.78, 5) is 13.3. The number of aromatic amines is 1. The van der Waals surface area contributed by atoms with Crippen LogP contribution in [0.3, 0.4) is 0 Å². The second kappa shape index (κ2) is 4.24. The summed E-state index contributed by atoms with van der Waals surface area (Å²) in [5, 5.41) is 9.46. The molecule has 1 N–H and O–H groups in total. The number of benzene rings is 1. The number of nitrogens with one attached hydrogen (secondary N) is 1. The summed E-state index contributed by atoms with van der Waals surface area (Å²) < 4.78 is 2.05. The standard InChI is InChI=1S/C13H10N6S/c1-19-10-5-3-2-4-8(10)16-12(19)9-6-20-13(17-9)11-14-7-15-18-11/h2-7H,1H3,(H,14,15,18). The van der Waals surface area contributed by atoms with Gasteiger partial charge in [-0.05, 0) is 12.1 Å². The summed E-state index contributed by atoms with van der Waals surface area (Å²) in [7, 11) is 2.00. The van der Waals surface area contributed by atoms with Gasteiger partial charge in [-0.25, -0.2) is 15.0 Å². The van der Waals surface area contributed by atoms with E-state index in [0.29, 0.717) is 5.82 Å². The Morgan fingerprint density at radius 2 is 2.10 bits per heavy atom. The van der Waals surface area contributed by atoms with E-state index in [-0.39, 0.29) is 0 Å². The lowest BCUT2D eigenvalue weighted by atomic mass is 10.3. The Morgan fingerprint density at radius 1 is 1.20 bits per heavy atom. The zero-order chi connectivity index (χ0) is 13.5. The maximum atomic E-state index is 4.64. The first-order valence-corrected chi connectivity index (χ1v) is 6.94. The highest BCUT2D eigenvalue weighted by Gasteiger charge is 2.14. The Bertz CT molecular complexity index is 873. The molecular formula is C13H10N6S. The Morgan fingerprint density at radius 3 is 2.90 bits per heavy atom. The molecule has 0 amide bonds. The molecule has 0 fully saturated rings. The molecule has 0 aliphatic rings. The third-order valence-electron chi connectivity index (χ3n) is 3.14. The van der Waals surface area contributed by atoms with Gasteiger partial charge >= 0.3 is 0 Å². The van der Waals surface area contributed by atoms with Crippen LogP contribution in [0.15, 0.2) is 36.0 Å². The van der Waals surface area contributed by atoms with E-state index >= 15 is 0 Å². The Hall–Kier alpha value is -2.54. The number of imidazole rings is 1. The molecule has 0 aliphatic carbocycles. The monoisotopic (exact) mass is 282 g/mol. The minimum Gasteiger partial charge on any atom is -0.326 e. The van der Waals surface area contributed by atoms with E-state index in [1.54, 1.807) is 0 Å². The summed E-state index contributed by atoms with van der Waals surface area (Å²) in [6.07, 6.45) is 1.48. The topological polar surface area (TPSA) is 72.3 Å². The molecule has 0 unspecified atom stereocenters. The van der Waals surface area contributed by atoms with E-state index in [0.717, 1.165) is 27.6 Å². The van der Waals surface area contributed by atoms with Crippen molar-refractivity contribution < 1.29 is 0 Å². The quantitative estimate of drug-likeness (QED) is 0.613. The Balaban J connectivity index is 1.85. The number of hydrogen-bond donors (Lipinski definition) is 1. The molecule has 0 radical (unpaired) electrons. The smallest absolute Gasteiger partial charge is 0.184 e. The molecule has 3 heterocycles. The third kappa shape index (κ3) is 1.64. The van der Waals surface area contributed by atoms with Crippen molar-refractivity contribution in [2.45, 2.75) is 0 Å². The summed E-state index contributed by atoms with van der Waals surface area (Å²) in [6.45, 7) is 0. The van der Waals surface area contributed by atoms with E-state index in [1.165, 1.54) is 17.7 Å². The average molecular weight is 282 g/mol. The number of rotatable bonds is 2. The van der Waals surface area contributed by atoms with E-state index in [2.05, 4.69) is 35.8 Å². The first-order valence-electron chi connectivity index (χ1n) is 6.06. The molecule has 6 nitrogen and oxygen atoms in total. The van der Waals surface area contributed by atoms with Gasteiger partial charge in [0.25, 0.3) is 0 Å². The van der Waals surface area contributed by atoms with Crippen LogP contribution in [0, 0.1) is 0 Å². The highest BCUT2D eigenvalue weighted by atomic mass is 32.1. The van der Waals surface area contributed by atoms with Crippen LogP contribution in [0.2, 0.25) is 0 Å². The summed E-state index contributed by atoms with van der Waals surface area (Å²) in [5.41, 5.74) is 2.91. The van der Waals surface area contributed by atoms with Crippen molar-refractivity contribution in [2.75, 3.05) is 0 Å². The second-order valence-electron chi connectivity index (χ2n) is 4.36. The number of aromatic nitrogens is 6. The van der Waals surface area contributed by atoms with Gasteiger partial charge in [-0.15, -0.1) is 11.3 Å². The molecule has 4 aromatic rings. The zero-order valence-electron chi connectivity index (χ0n) is 10.6. The predicted octanol–water partition coefficient (Wildman–Crippen LogP) is 2.48. The molecular weight excluding hydrogens is 272 g/mol. The molecule has 0 saturated heterocycles. The molecule has 20 heavy (non-hydrogen) atoms. The Kier molecular flexibility index (Phi) is 2.40. The normalized spacial score (nSPS) is 11.2. The molecule has 98 valence electrons. The van der Waals surface area contributed by atoms with Gasteiger partial charge in [-0.3, -0.25) is 5.10 Å². The fraction of sp³-hybridized carbons (Fsp3) is 0.0769. The van der Waals surface area contributed by atoms with Gasteiger partial charge in [0.2, 0.25) is 0 Å². The minimum absolute atomic E-state index is 0.681. The fourth-order valence-corrected chi connectivity index (χ4v) is 2.91. The van der Waals surface area contributed by atoms with Crippen LogP contribution in [0.5, 0.6) is 0 Å². The third-order valence-corrected chi connectivity index (χ3v) is 3.99. The lowest BCUT2D eigenvalue weighted by Crippen LogP contribution is -1.92. The first-order chi connectivity index (χ1) is 9.83. The van der Waals surface area contributed by atoms with Crippen LogP contribution in [0.4, 0.5) is 0 Å². The molecule has 0 bridgehead atoms. The van der Waals surface area contributed by atoms with Crippen molar-refractivity contribution in [2.24, 2.45) is 7.05 Å². The van der Waals surface area contributed by atoms with E-state index in [9.17, 15) is 0 Å². The highest BCUT2D eigenvalue weighted by molar-refractivity contribution is 7.13. The van der Waals surface area contributed by atoms with Gasteiger partial charge in [0.1, 0.15) is 12.0 Å². The molecule has 1 aromatic carbocycles. The molecule has 3 aromatic heterocycles. The van der Waals surface area contributed by atoms with Gasteiger partial charge < -0.3 is 4.57 Å². The molecule has 7 heteroatoms.